The molecule has 2 fully saturated rings. The number of benzene rings is 1. The predicted molar refractivity (Wildman–Crippen MR) is 109 cm³/mol. The summed E-state index contributed by atoms with van der Waals surface area (Å²) in [5.41, 5.74) is 3.02. The van der Waals surface area contributed by atoms with Crippen LogP contribution in [-0.2, 0) is 16.1 Å². The molecule has 0 unspecified atom stereocenters. The van der Waals surface area contributed by atoms with E-state index in [1.807, 2.05) is 38.1 Å². The van der Waals surface area contributed by atoms with E-state index in [-0.39, 0.29) is 24.3 Å². The third-order valence-electron chi connectivity index (χ3n) is 5.81. The van der Waals surface area contributed by atoms with Gasteiger partial charge in [-0.1, -0.05) is 47.9 Å². The van der Waals surface area contributed by atoms with Gasteiger partial charge in [0.25, 0.3) is 5.91 Å². The fraction of sp³-hybridized carbons (Fsp3) is 0.409. The van der Waals surface area contributed by atoms with Gasteiger partial charge in [-0.2, -0.15) is 0 Å². The van der Waals surface area contributed by atoms with Gasteiger partial charge in [-0.05, 0) is 49.8 Å². The van der Waals surface area contributed by atoms with E-state index in [0.29, 0.717) is 17.4 Å². The van der Waals surface area contributed by atoms with Crippen molar-refractivity contribution < 1.29 is 9.59 Å². The summed E-state index contributed by atoms with van der Waals surface area (Å²) < 4.78 is 0. The van der Waals surface area contributed by atoms with Crippen LogP contribution in [0.3, 0.4) is 0 Å². The highest BCUT2D eigenvalue weighted by Gasteiger charge is 2.46. The SMILES string of the molecule is Cc1ccc(CN2C(=O)CN(c3ncc(Cl)cc3C)C(=O)[C@H]2C2CCC2)cc1. The van der Waals surface area contributed by atoms with E-state index in [4.69, 9.17) is 11.6 Å². The van der Waals surface area contributed by atoms with E-state index >= 15 is 0 Å². The van der Waals surface area contributed by atoms with Gasteiger partial charge in [-0.3, -0.25) is 14.5 Å². The number of anilines is 1. The molecule has 2 aromatic rings. The number of nitrogens with zero attached hydrogens (tertiary/aromatic N) is 3. The van der Waals surface area contributed by atoms with Crippen molar-refractivity contribution in [3.05, 3.63) is 58.2 Å². The van der Waals surface area contributed by atoms with Gasteiger partial charge < -0.3 is 4.90 Å². The number of carbonyl (C=O) groups excluding carboxylic acids is 2. The van der Waals surface area contributed by atoms with E-state index in [2.05, 4.69) is 4.98 Å². The zero-order valence-corrected chi connectivity index (χ0v) is 16.9. The molecule has 4 rings (SSSR count). The Morgan fingerprint density at radius 1 is 1.14 bits per heavy atom. The minimum atomic E-state index is -0.423. The summed E-state index contributed by atoms with van der Waals surface area (Å²) in [6, 6.07) is 9.49. The van der Waals surface area contributed by atoms with E-state index in [0.717, 1.165) is 30.4 Å². The number of halogens is 1. The van der Waals surface area contributed by atoms with Crippen LogP contribution in [0.5, 0.6) is 0 Å². The Kier molecular flexibility index (Phi) is 5.11. The Morgan fingerprint density at radius 3 is 2.46 bits per heavy atom. The first-order valence-electron chi connectivity index (χ1n) is 9.72. The highest BCUT2D eigenvalue weighted by Crippen LogP contribution is 2.37. The summed E-state index contributed by atoms with van der Waals surface area (Å²) in [6.07, 6.45) is 4.60. The quantitative estimate of drug-likeness (QED) is 0.786. The summed E-state index contributed by atoms with van der Waals surface area (Å²) in [6.45, 7) is 4.38. The van der Waals surface area contributed by atoms with Gasteiger partial charge in [0.2, 0.25) is 5.91 Å². The average molecular weight is 398 g/mol. The molecule has 1 saturated carbocycles. The van der Waals surface area contributed by atoms with Gasteiger partial charge in [-0.15, -0.1) is 0 Å². The zero-order valence-electron chi connectivity index (χ0n) is 16.2. The third kappa shape index (κ3) is 3.51. The fourth-order valence-electron chi connectivity index (χ4n) is 4.04. The summed E-state index contributed by atoms with van der Waals surface area (Å²) in [4.78, 5) is 34.2. The summed E-state index contributed by atoms with van der Waals surface area (Å²) >= 11 is 6.02. The molecule has 0 radical (unpaired) electrons. The van der Waals surface area contributed by atoms with Gasteiger partial charge in [0.1, 0.15) is 18.4 Å². The average Bonchev–Trinajstić information content (AvgIpc) is 2.61. The standard InChI is InChI=1S/C22H24ClN3O2/c1-14-6-8-16(9-7-14)12-25-19(27)13-26(21-15(2)10-18(23)11-24-21)22(28)20(25)17-4-3-5-17/h6-11,17,20H,3-5,12-13H2,1-2H3/t20-/m1/s1. The van der Waals surface area contributed by atoms with E-state index in [1.165, 1.54) is 11.8 Å². The number of aromatic nitrogens is 1. The first-order valence-corrected chi connectivity index (χ1v) is 10.1. The van der Waals surface area contributed by atoms with Gasteiger partial charge in [0, 0.05) is 12.7 Å². The molecule has 0 bridgehead atoms. The Balaban J connectivity index is 1.65. The molecule has 146 valence electrons. The topological polar surface area (TPSA) is 53.5 Å². The first-order chi connectivity index (χ1) is 13.4. The maximum absolute atomic E-state index is 13.5. The highest BCUT2D eigenvalue weighted by atomic mass is 35.5. The van der Waals surface area contributed by atoms with Gasteiger partial charge in [0.15, 0.2) is 0 Å². The van der Waals surface area contributed by atoms with E-state index < -0.39 is 6.04 Å². The van der Waals surface area contributed by atoms with Crippen LogP contribution in [0.2, 0.25) is 5.02 Å². The van der Waals surface area contributed by atoms with Crippen molar-refractivity contribution in [2.45, 2.75) is 45.7 Å². The summed E-state index contributed by atoms with van der Waals surface area (Å²) in [5, 5.41) is 0.522. The molecule has 1 atom stereocenters. The smallest absolute Gasteiger partial charge is 0.251 e. The maximum Gasteiger partial charge on any atom is 0.251 e. The number of aryl methyl sites for hydroxylation is 2. The molecule has 0 spiro atoms. The number of hydrogen-bond donors (Lipinski definition) is 0. The monoisotopic (exact) mass is 397 g/mol. The van der Waals surface area contributed by atoms with Crippen LogP contribution in [0.4, 0.5) is 5.82 Å². The Labute approximate surface area is 170 Å². The molecule has 1 aliphatic heterocycles. The lowest BCUT2D eigenvalue weighted by Crippen LogP contribution is -2.63. The lowest BCUT2D eigenvalue weighted by molar-refractivity contribution is -0.147. The summed E-state index contributed by atoms with van der Waals surface area (Å²) in [5.74, 6) is 0.682. The Hall–Kier alpha value is -2.40. The minimum absolute atomic E-state index is 0.0172. The van der Waals surface area contributed by atoms with Crippen molar-refractivity contribution in [3.63, 3.8) is 0 Å². The Bertz CT molecular complexity index is 908. The van der Waals surface area contributed by atoms with Gasteiger partial charge in [0.05, 0.1) is 5.02 Å². The number of pyridine rings is 1. The van der Waals surface area contributed by atoms with Crippen molar-refractivity contribution in [2.75, 3.05) is 11.4 Å². The number of amides is 2. The molecule has 2 aliphatic rings. The van der Waals surface area contributed by atoms with Crippen LogP contribution in [0, 0.1) is 19.8 Å². The van der Waals surface area contributed by atoms with Crippen molar-refractivity contribution >= 4 is 29.2 Å². The normalized spacial score (nSPS) is 20.5. The maximum atomic E-state index is 13.5. The molecular formula is C22H24ClN3O2. The lowest BCUT2D eigenvalue weighted by atomic mass is 9.77. The molecule has 1 aliphatic carbocycles. The van der Waals surface area contributed by atoms with Crippen molar-refractivity contribution in [3.8, 4) is 0 Å². The van der Waals surface area contributed by atoms with Gasteiger partial charge >= 0.3 is 0 Å². The molecule has 28 heavy (non-hydrogen) atoms. The second kappa shape index (κ2) is 7.55. The van der Waals surface area contributed by atoms with Crippen LogP contribution in [-0.4, -0.2) is 34.3 Å². The Morgan fingerprint density at radius 2 is 1.86 bits per heavy atom. The molecule has 0 N–H and O–H groups in total. The molecule has 6 heteroatoms. The third-order valence-corrected chi connectivity index (χ3v) is 6.02. The van der Waals surface area contributed by atoms with Crippen molar-refractivity contribution in [1.82, 2.24) is 9.88 Å². The predicted octanol–water partition coefficient (Wildman–Crippen LogP) is 3.90. The van der Waals surface area contributed by atoms with Gasteiger partial charge in [-0.25, -0.2) is 4.98 Å². The second-order valence-corrected chi connectivity index (χ2v) is 8.30. The number of piperazine rings is 1. The molecule has 1 aromatic heterocycles. The molecule has 2 amide bonds. The number of rotatable bonds is 4. The van der Waals surface area contributed by atoms with Crippen LogP contribution in [0.25, 0.3) is 0 Å². The van der Waals surface area contributed by atoms with E-state index in [9.17, 15) is 9.59 Å². The van der Waals surface area contributed by atoms with E-state index in [1.54, 1.807) is 15.9 Å². The van der Waals surface area contributed by atoms with Crippen LogP contribution in [0.15, 0.2) is 36.5 Å². The molecule has 5 nitrogen and oxygen atoms in total. The molecule has 2 heterocycles. The molecule has 1 aromatic carbocycles. The highest BCUT2D eigenvalue weighted by molar-refractivity contribution is 6.30. The number of carbonyl (C=O) groups is 2. The minimum Gasteiger partial charge on any atom is -0.324 e. The second-order valence-electron chi connectivity index (χ2n) is 7.86. The van der Waals surface area contributed by atoms with Crippen LogP contribution in [0.1, 0.15) is 36.0 Å². The van der Waals surface area contributed by atoms with Crippen LogP contribution >= 0.6 is 11.6 Å². The molecular weight excluding hydrogens is 374 g/mol. The summed E-state index contributed by atoms with van der Waals surface area (Å²) in [7, 11) is 0. The van der Waals surface area contributed by atoms with Crippen molar-refractivity contribution in [1.29, 1.82) is 0 Å². The molecule has 1 saturated heterocycles. The fourth-order valence-corrected chi connectivity index (χ4v) is 4.25. The number of hydrogen-bond acceptors (Lipinski definition) is 3. The van der Waals surface area contributed by atoms with Crippen LogP contribution < -0.4 is 4.90 Å². The largest absolute Gasteiger partial charge is 0.324 e. The lowest BCUT2D eigenvalue weighted by Gasteiger charge is -2.46. The van der Waals surface area contributed by atoms with Crippen molar-refractivity contribution in [2.24, 2.45) is 5.92 Å². The first kappa shape index (κ1) is 18.9. The zero-order chi connectivity index (χ0) is 19.8.